The maximum absolute atomic E-state index is 11.1. The Bertz CT molecular complexity index is 448. The molecule has 18 heavy (non-hydrogen) atoms. The fourth-order valence-corrected chi connectivity index (χ4v) is 4.11. The highest BCUT2D eigenvalue weighted by Gasteiger charge is 2.20. The van der Waals surface area contributed by atoms with Crippen molar-refractivity contribution in [3.8, 4) is 0 Å². The summed E-state index contributed by atoms with van der Waals surface area (Å²) in [5, 5.41) is 0.0537. The third-order valence-corrected chi connectivity index (χ3v) is 5.19. The van der Waals surface area contributed by atoms with Crippen LogP contribution < -0.4 is 5.73 Å². The fourth-order valence-electron chi connectivity index (χ4n) is 1.51. The predicted octanol–water partition coefficient (Wildman–Crippen LogP) is 1.64. The monoisotopic (exact) mass is 288 g/mol. The van der Waals surface area contributed by atoms with Gasteiger partial charge in [-0.15, -0.1) is 11.8 Å². The second-order valence-electron chi connectivity index (χ2n) is 4.25. The molecular formula is C12H20N2O2S2. The Morgan fingerprint density at radius 3 is 2.67 bits per heavy atom. The lowest BCUT2D eigenvalue weighted by Crippen LogP contribution is -2.27. The minimum absolute atomic E-state index is 0.00976. The van der Waals surface area contributed by atoms with E-state index in [1.807, 2.05) is 25.1 Å². The molecule has 102 valence electrons. The third kappa shape index (κ3) is 5.37. The van der Waals surface area contributed by atoms with Crippen molar-refractivity contribution in [1.29, 1.82) is 0 Å². The van der Waals surface area contributed by atoms with Gasteiger partial charge in [-0.2, -0.15) is 0 Å². The number of sulfone groups is 1. The fraction of sp³-hybridized carbons (Fsp3) is 0.583. The summed E-state index contributed by atoms with van der Waals surface area (Å²) in [6.07, 6.45) is 3.83. The van der Waals surface area contributed by atoms with Crippen LogP contribution in [0.1, 0.15) is 24.3 Å². The number of nitrogens with zero attached hydrogens (tertiary/aromatic N) is 1. The lowest BCUT2D eigenvalue weighted by atomic mass is 10.1. The Labute approximate surface area is 113 Å². The number of hydrogen-bond acceptors (Lipinski definition) is 5. The quantitative estimate of drug-likeness (QED) is 0.825. The summed E-state index contributed by atoms with van der Waals surface area (Å²) >= 11 is 1.57. The number of hydrogen-bond donors (Lipinski definition) is 1. The summed E-state index contributed by atoms with van der Waals surface area (Å²) in [7, 11) is -2.92. The van der Waals surface area contributed by atoms with E-state index in [-0.39, 0.29) is 17.0 Å². The normalized spacial score (nSPS) is 15.3. The van der Waals surface area contributed by atoms with Crippen molar-refractivity contribution in [2.75, 3.05) is 17.8 Å². The summed E-state index contributed by atoms with van der Waals surface area (Å²) in [5.41, 5.74) is 7.01. The zero-order valence-corrected chi connectivity index (χ0v) is 12.4. The first-order valence-electron chi connectivity index (χ1n) is 5.90. The molecule has 0 amide bonds. The van der Waals surface area contributed by atoms with E-state index >= 15 is 0 Å². The molecule has 2 atom stereocenters. The minimum atomic E-state index is -2.92. The van der Waals surface area contributed by atoms with Gasteiger partial charge in [0.2, 0.25) is 0 Å². The van der Waals surface area contributed by atoms with Gasteiger partial charge >= 0.3 is 0 Å². The molecule has 1 aromatic rings. The van der Waals surface area contributed by atoms with Crippen molar-refractivity contribution in [3.63, 3.8) is 0 Å². The molecule has 1 heterocycles. The van der Waals surface area contributed by atoms with Crippen LogP contribution >= 0.6 is 11.8 Å². The molecule has 1 aromatic heterocycles. The van der Waals surface area contributed by atoms with E-state index in [1.54, 1.807) is 18.0 Å². The molecule has 6 heteroatoms. The molecular weight excluding hydrogens is 268 g/mol. The highest BCUT2D eigenvalue weighted by Crippen LogP contribution is 2.31. The summed E-state index contributed by atoms with van der Waals surface area (Å²) in [6.45, 7) is 2.03. The SMILES string of the molecule is CCC(N)C(SCCS(C)(=O)=O)c1ccccn1. The molecule has 1 rings (SSSR count). The van der Waals surface area contributed by atoms with E-state index in [0.717, 1.165) is 12.1 Å². The Morgan fingerprint density at radius 2 is 2.17 bits per heavy atom. The van der Waals surface area contributed by atoms with Gasteiger partial charge in [-0.05, 0) is 18.6 Å². The van der Waals surface area contributed by atoms with Gasteiger partial charge < -0.3 is 5.73 Å². The number of pyridine rings is 1. The van der Waals surface area contributed by atoms with Crippen LogP contribution in [0.25, 0.3) is 0 Å². The smallest absolute Gasteiger partial charge is 0.148 e. The van der Waals surface area contributed by atoms with E-state index in [0.29, 0.717) is 5.75 Å². The molecule has 0 aliphatic rings. The number of rotatable bonds is 7. The van der Waals surface area contributed by atoms with Crippen LogP contribution in [-0.4, -0.2) is 37.2 Å². The van der Waals surface area contributed by atoms with Crippen molar-refractivity contribution in [2.24, 2.45) is 5.73 Å². The Morgan fingerprint density at radius 1 is 1.44 bits per heavy atom. The predicted molar refractivity (Wildman–Crippen MR) is 77.4 cm³/mol. The van der Waals surface area contributed by atoms with Gasteiger partial charge in [-0.25, -0.2) is 8.42 Å². The molecule has 0 spiro atoms. The lowest BCUT2D eigenvalue weighted by Gasteiger charge is -2.21. The number of aromatic nitrogens is 1. The molecule has 2 unspecified atom stereocenters. The topological polar surface area (TPSA) is 73.1 Å². The van der Waals surface area contributed by atoms with E-state index in [4.69, 9.17) is 5.73 Å². The van der Waals surface area contributed by atoms with Crippen LogP contribution in [0.15, 0.2) is 24.4 Å². The summed E-state index contributed by atoms with van der Waals surface area (Å²) in [5.74, 6) is 0.727. The van der Waals surface area contributed by atoms with E-state index < -0.39 is 9.84 Å². The van der Waals surface area contributed by atoms with Crippen LogP contribution in [0.3, 0.4) is 0 Å². The molecule has 0 aromatic carbocycles. The average molecular weight is 288 g/mol. The van der Waals surface area contributed by atoms with Gasteiger partial charge in [0.25, 0.3) is 0 Å². The molecule has 0 fully saturated rings. The van der Waals surface area contributed by atoms with Crippen LogP contribution in [0.2, 0.25) is 0 Å². The van der Waals surface area contributed by atoms with Gasteiger partial charge in [-0.3, -0.25) is 4.98 Å². The number of nitrogens with two attached hydrogens (primary N) is 1. The third-order valence-electron chi connectivity index (χ3n) is 2.59. The van der Waals surface area contributed by atoms with Crippen LogP contribution in [-0.2, 0) is 9.84 Å². The summed E-state index contributed by atoms with van der Waals surface area (Å²) in [6, 6.07) is 5.71. The van der Waals surface area contributed by atoms with E-state index in [9.17, 15) is 8.42 Å². The molecule has 2 N–H and O–H groups in total. The van der Waals surface area contributed by atoms with Crippen molar-refractivity contribution in [2.45, 2.75) is 24.6 Å². The standard InChI is InChI=1S/C12H20N2O2S2/c1-3-10(13)12(11-6-4-5-7-14-11)17-8-9-18(2,15)16/h4-7,10,12H,3,8-9,13H2,1-2H3. The first-order chi connectivity index (χ1) is 8.44. The zero-order chi connectivity index (χ0) is 13.6. The van der Waals surface area contributed by atoms with E-state index in [1.165, 1.54) is 6.26 Å². The Kier molecular flexibility index (Phi) is 6.11. The van der Waals surface area contributed by atoms with Gasteiger partial charge in [0.1, 0.15) is 9.84 Å². The van der Waals surface area contributed by atoms with Crippen LogP contribution in [0, 0.1) is 0 Å². The Balaban J connectivity index is 2.69. The molecule has 0 radical (unpaired) electrons. The number of thioether (sulfide) groups is 1. The average Bonchev–Trinajstić information content (AvgIpc) is 2.33. The van der Waals surface area contributed by atoms with Gasteiger partial charge in [0, 0.05) is 24.2 Å². The maximum Gasteiger partial charge on any atom is 0.148 e. The Hall–Kier alpha value is -0.590. The van der Waals surface area contributed by atoms with Crippen molar-refractivity contribution >= 4 is 21.6 Å². The molecule has 0 saturated carbocycles. The lowest BCUT2D eigenvalue weighted by molar-refractivity contribution is 0.602. The van der Waals surface area contributed by atoms with Gasteiger partial charge in [0.15, 0.2) is 0 Å². The summed E-state index contributed by atoms with van der Waals surface area (Å²) < 4.78 is 22.3. The molecule has 0 aliphatic heterocycles. The van der Waals surface area contributed by atoms with Crippen LogP contribution in [0.5, 0.6) is 0 Å². The molecule has 0 aliphatic carbocycles. The minimum Gasteiger partial charge on any atom is -0.326 e. The molecule has 0 saturated heterocycles. The molecule has 0 bridgehead atoms. The van der Waals surface area contributed by atoms with Crippen molar-refractivity contribution < 1.29 is 8.42 Å². The second kappa shape index (κ2) is 7.11. The van der Waals surface area contributed by atoms with E-state index in [2.05, 4.69) is 4.98 Å². The molecule has 4 nitrogen and oxygen atoms in total. The largest absolute Gasteiger partial charge is 0.326 e. The van der Waals surface area contributed by atoms with Gasteiger partial charge in [0.05, 0.1) is 16.7 Å². The maximum atomic E-state index is 11.1. The van der Waals surface area contributed by atoms with Crippen molar-refractivity contribution in [3.05, 3.63) is 30.1 Å². The summed E-state index contributed by atoms with van der Waals surface area (Å²) in [4.78, 5) is 4.31. The van der Waals surface area contributed by atoms with Crippen LogP contribution in [0.4, 0.5) is 0 Å². The zero-order valence-electron chi connectivity index (χ0n) is 10.7. The van der Waals surface area contributed by atoms with Crippen molar-refractivity contribution in [1.82, 2.24) is 4.98 Å². The second-order valence-corrected chi connectivity index (χ2v) is 7.76. The highest BCUT2D eigenvalue weighted by molar-refractivity contribution is 8.00. The highest BCUT2D eigenvalue weighted by atomic mass is 32.2. The first kappa shape index (κ1) is 15.5. The first-order valence-corrected chi connectivity index (χ1v) is 9.01. The van der Waals surface area contributed by atoms with Gasteiger partial charge in [-0.1, -0.05) is 13.0 Å².